The minimum atomic E-state index is -3.72. The molecule has 1 unspecified atom stereocenters. The molecule has 1 saturated heterocycles. The molecular formula is C16H24N2O5S. The number of benzene rings is 1. The van der Waals surface area contributed by atoms with Crippen molar-refractivity contribution >= 4 is 15.9 Å². The van der Waals surface area contributed by atoms with Gasteiger partial charge >= 0.3 is 0 Å². The molecule has 0 bridgehead atoms. The van der Waals surface area contributed by atoms with E-state index in [1.807, 2.05) is 6.92 Å². The monoisotopic (exact) mass is 356 g/mol. The number of nitrogens with zero attached hydrogens (tertiary/aromatic N) is 1. The number of sulfonamides is 1. The van der Waals surface area contributed by atoms with Crippen LogP contribution in [0.4, 0.5) is 0 Å². The summed E-state index contributed by atoms with van der Waals surface area (Å²) in [5.41, 5.74) is 0. The molecule has 0 spiro atoms. The van der Waals surface area contributed by atoms with Gasteiger partial charge in [-0.15, -0.1) is 0 Å². The highest BCUT2D eigenvalue weighted by Crippen LogP contribution is 2.18. The van der Waals surface area contributed by atoms with E-state index in [4.69, 9.17) is 9.47 Å². The first-order valence-corrected chi connectivity index (χ1v) is 9.45. The third kappa shape index (κ3) is 4.93. The molecule has 1 amide bonds. The number of hydrogen-bond donors (Lipinski definition) is 1. The van der Waals surface area contributed by atoms with Crippen LogP contribution < -0.4 is 10.1 Å². The first-order valence-electron chi connectivity index (χ1n) is 8.01. The molecule has 1 aromatic carbocycles. The van der Waals surface area contributed by atoms with Gasteiger partial charge in [-0.3, -0.25) is 4.79 Å². The van der Waals surface area contributed by atoms with Gasteiger partial charge in [0.05, 0.1) is 24.2 Å². The fourth-order valence-electron chi connectivity index (χ4n) is 2.43. The third-order valence-corrected chi connectivity index (χ3v) is 5.58. The van der Waals surface area contributed by atoms with Crippen molar-refractivity contribution in [1.82, 2.24) is 9.62 Å². The van der Waals surface area contributed by atoms with Crippen molar-refractivity contribution in [2.75, 3.05) is 33.4 Å². The number of carbonyl (C=O) groups is 1. The Morgan fingerprint density at radius 2 is 2.08 bits per heavy atom. The van der Waals surface area contributed by atoms with Gasteiger partial charge in [0, 0.05) is 20.2 Å². The van der Waals surface area contributed by atoms with Crippen molar-refractivity contribution in [1.29, 1.82) is 0 Å². The largest absolute Gasteiger partial charge is 0.494 e. The molecule has 2 rings (SSSR count). The first-order chi connectivity index (χ1) is 11.4. The van der Waals surface area contributed by atoms with E-state index in [2.05, 4.69) is 5.32 Å². The van der Waals surface area contributed by atoms with Crippen molar-refractivity contribution in [2.45, 2.75) is 30.8 Å². The summed E-state index contributed by atoms with van der Waals surface area (Å²) in [6, 6.07) is 6.14. The molecule has 1 aliphatic heterocycles. The number of carbonyl (C=O) groups excluding carboxylic acids is 1. The van der Waals surface area contributed by atoms with E-state index in [0.717, 1.165) is 17.1 Å². The molecule has 0 aromatic heterocycles. The highest BCUT2D eigenvalue weighted by molar-refractivity contribution is 7.89. The van der Waals surface area contributed by atoms with Gasteiger partial charge in [-0.05, 0) is 44.0 Å². The van der Waals surface area contributed by atoms with Crippen LogP contribution in [0.1, 0.15) is 19.8 Å². The standard InChI is InChI=1S/C16H24N2O5S/c1-3-22-13-6-8-15(9-7-13)24(20,21)18(2)12-16(19)17-11-14-5-4-10-23-14/h6-9,14H,3-5,10-12H2,1-2H3,(H,17,19). The zero-order valence-electron chi connectivity index (χ0n) is 14.0. The number of ether oxygens (including phenoxy) is 2. The van der Waals surface area contributed by atoms with Crippen molar-refractivity contribution < 1.29 is 22.7 Å². The Kier molecular flexibility index (Phi) is 6.59. The van der Waals surface area contributed by atoms with Gasteiger partial charge < -0.3 is 14.8 Å². The quantitative estimate of drug-likeness (QED) is 0.751. The molecular weight excluding hydrogens is 332 g/mol. The van der Waals surface area contributed by atoms with Crippen molar-refractivity contribution in [2.24, 2.45) is 0 Å². The Hall–Kier alpha value is -1.64. The van der Waals surface area contributed by atoms with Crippen LogP contribution in [0.3, 0.4) is 0 Å². The van der Waals surface area contributed by atoms with Crippen molar-refractivity contribution in [3.05, 3.63) is 24.3 Å². The lowest BCUT2D eigenvalue weighted by Gasteiger charge is -2.18. The number of rotatable bonds is 8. The third-order valence-electron chi connectivity index (χ3n) is 3.76. The highest BCUT2D eigenvalue weighted by atomic mass is 32.2. The van der Waals surface area contributed by atoms with E-state index in [1.165, 1.54) is 19.2 Å². The summed E-state index contributed by atoms with van der Waals surface area (Å²) in [6.07, 6.45) is 1.94. The summed E-state index contributed by atoms with van der Waals surface area (Å²) in [5, 5.41) is 2.71. The minimum absolute atomic E-state index is 0.0296. The average molecular weight is 356 g/mol. The maximum Gasteiger partial charge on any atom is 0.243 e. The van der Waals surface area contributed by atoms with Gasteiger partial charge in [-0.2, -0.15) is 4.31 Å². The van der Waals surface area contributed by atoms with E-state index in [9.17, 15) is 13.2 Å². The lowest BCUT2D eigenvalue weighted by atomic mass is 10.2. The van der Waals surface area contributed by atoms with Crippen molar-refractivity contribution in [3.63, 3.8) is 0 Å². The lowest BCUT2D eigenvalue weighted by Crippen LogP contribution is -2.40. The molecule has 0 aliphatic carbocycles. The number of likely N-dealkylation sites (N-methyl/N-ethyl adjacent to an activating group) is 1. The Labute approximate surface area is 143 Å². The maximum absolute atomic E-state index is 12.5. The first kappa shape index (κ1) is 18.7. The van der Waals surface area contributed by atoms with Crippen LogP contribution in [0.2, 0.25) is 0 Å². The second-order valence-electron chi connectivity index (χ2n) is 5.60. The van der Waals surface area contributed by atoms with E-state index in [1.54, 1.807) is 12.1 Å². The molecule has 0 saturated carbocycles. The predicted octanol–water partition coefficient (Wildman–Crippen LogP) is 1.00. The molecule has 7 nitrogen and oxygen atoms in total. The lowest BCUT2D eigenvalue weighted by molar-refractivity contribution is -0.121. The van der Waals surface area contributed by atoms with Crippen LogP contribution in [0.25, 0.3) is 0 Å². The molecule has 1 aromatic rings. The minimum Gasteiger partial charge on any atom is -0.494 e. The summed E-state index contributed by atoms with van der Waals surface area (Å²) < 4.78 is 36.7. The maximum atomic E-state index is 12.5. The summed E-state index contributed by atoms with van der Waals surface area (Å²) >= 11 is 0. The number of amides is 1. The number of nitrogens with one attached hydrogen (secondary N) is 1. The van der Waals surface area contributed by atoms with Crippen LogP contribution in [0.15, 0.2) is 29.2 Å². The summed E-state index contributed by atoms with van der Waals surface area (Å²) in [7, 11) is -2.33. The summed E-state index contributed by atoms with van der Waals surface area (Å²) in [6.45, 7) is 3.26. The molecule has 8 heteroatoms. The second kappa shape index (κ2) is 8.46. The van der Waals surface area contributed by atoms with Crippen LogP contribution in [0, 0.1) is 0 Å². The molecule has 1 aliphatic rings. The predicted molar refractivity (Wildman–Crippen MR) is 89.4 cm³/mol. The van der Waals surface area contributed by atoms with E-state index < -0.39 is 10.0 Å². The SMILES string of the molecule is CCOc1ccc(S(=O)(=O)N(C)CC(=O)NCC2CCCO2)cc1. The van der Waals surface area contributed by atoms with Gasteiger partial charge in [0.15, 0.2) is 0 Å². The second-order valence-corrected chi connectivity index (χ2v) is 7.65. The Morgan fingerprint density at radius 1 is 1.38 bits per heavy atom. The molecule has 1 fully saturated rings. The van der Waals surface area contributed by atoms with E-state index in [0.29, 0.717) is 25.5 Å². The van der Waals surface area contributed by atoms with Crippen LogP contribution in [-0.4, -0.2) is 58.1 Å². The Bertz CT molecular complexity index is 639. The summed E-state index contributed by atoms with van der Waals surface area (Å²) in [5.74, 6) is 0.260. The Morgan fingerprint density at radius 3 is 2.67 bits per heavy atom. The van der Waals surface area contributed by atoms with E-state index in [-0.39, 0.29) is 23.5 Å². The average Bonchev–Trinajstić information content (AvgIpc) is 3.07. The topological polar surface area (TPSA) is 84.9 Å². The zero-order chi connectivity index (χ0) is 17.6. The van der Waals surface area contributed by atoms with Gasteiger partial charge in [0.2, 0.25) is 15.9 Å². The smallest absolute Gasteiger partial charge is 0.243 e. The van der Waals surface area contributed by atoms with Gasteiger partial charge in [-0.25, -0.2) is 8.42 Å². The van der Waals surface area contributed by atoms with Crippen LogP contribution in [-0.2, 0) is 19.6 Å². The molecule has 1 atom stereocenters. The molecule has 0 radical (unpaired) electrons. The fourth-order valence-corrected chi connectivity index (χ4v) is 3.56. The summed E-state index contributed by atoms with van der Waals surface area (Å²) in [4.78, 5) is 12.1. The van der Waals surface area contributed by atoms with Gasteiger partial charge in [0.25, 0.3) is 0 Å². The van der Waals surface area contributed by atoms with E-state index >= 15 is 0 Å². The Balaban J connectivity index is 1.91. The zero-order valence-corrected chi connectivity index (χ0v) is 14.8. The molecule has 134 valence electrons. The van der Waals surface area contributed by atoms with Crippen LogP contribution >= 0.6 is 0 Å². The molecule has 1 heterocycles. The van der Waals surface area contributed by atoms with Gasteiger partial charge in [0.1, 0.15) is 5.75 Å². The molecule has 1 N–H and O–H groups in total. The fraction of sp³-hybridized carbons (Fsp3) is 0.562. The number of hydrogen-bond acceptors (Lipinski definition) is 5. The van der Waals surface area contributed by atoms with Crippen LogP contribution in [0.5, 0.6) is 5.75 Å². The van der Waals surface area contributed by atoms with Gasteiger partial charge in [-0.1, -0.05) is 0 Å². The van der Waals surface area contributed by atoms with Crippen molar-refractivity contribution in [3.8, 4) is 5.75 Å². The molecule has 24 heavy (non-hydrogen) atoms. The highest BCUT2D eigenvalue weighted by Gasteiger charge is 2.23. The normalized spacial score (nSPS) is 17.9.